The second kappa shape index (κ2) is 6.55. The van der Waals surface area contributed by atoms with Crippen LogP contribution in [-0.4, -0.2) is 34.1 Å². The molecule has 1 aliphatic heterocycles. The molecule has 0 aromatic carbocycles. The molecular formula is C15H19N5O2. The summed E-state index contributed by atoms with van der Waals surface area (Å²) in [5.74, 6) is 0.695. The van der Waals surface area contributed by atoms with Crippen LogP contribution in [0.15, 0.2) is 22.9 Å². The second-order valence-electron chi connectivity index (χ2n) is 5.43. The lowest BCUT2D eigenvalue weighted by molar-refractivity contribution is 0.102. The molecular weight excluding hydrogens is 282 g/mol. The Kier molecular flexibility index (Phi) is 4.32. The Balaban J connectivity index is 1.81. The zero-order valence-corrected chi connectivity index (χ0v) is 12.6. The Bertz CT molecular complexity index is 633. The van der Waals surface area contributed by atoms with Crippen molar-refractivity contribution in [2.24, 2.45) is 0 Å². The van der Waals surface area contributed by atoms with Gasteiger partial charge in [0.2, 0.25) is 5.95 Å². The van der Waals surface area contributed by atoms with Crippen molar-refractivity contribution in [3.8, 4) is 0 Å². The largest absolute Gasteiger partial charge is 0.363 e. The Morgan fingerprint density at radius 3 is 2.68 bits per heavy atom. The monoisotopic (exact) mass is 301 g/mol. The highest BCUT2D eigenvalue weighted by Crippen LogP contribution is 2.17. The number of aromatic nitrogens is 3. The summed E-state index contributed by atoms with van der Waals surface area (Å²) in [4.78, 5) is 23.3. The van der Waals surface area contributed by atoms with Crippen LogP contribution in [0.1, 0.15) is 41.9 Å². The Hall–Kier alpha value is -2.44. The highest BCUT2D eigenvalue weighted by Gasteiger charge is 2.17. The van der Waals surface area contributed by atoms with Gasteiger partial charge in [0.25, 0.3) is 5.91 Å². The first-order chi connectivity index (χ1) is 10.7. The summed E-state index contributed by atoms with van der Waals surface area (Å²) in [6, 6.07) is 3.26. The topological polar surface area (TPSA) is 84.2 Å². The predicted molar refractivity (Wildman–Crippen MR) is 81.9 cm³/mol. The molecule has 1 N–H and O–H groups in total. The molecule has 0 atom stereocenters. The lowest BCUT2D eigenvalue weighted by atomic mass is 10.2. The van der Waals surface area contributed by atoms with E-state index in [1.54, 1.807) is 12.1 Å². The molecule has 1 saturated heterocycles. The van der Waals surface area contributed by atoms with Crippen molar-refractivity contribution in [1.82, 2.24) is 15.1 Å². The molecule has 0 bridgehead atoms. The molecule has 0 saturated carbocycles. The molecule has 2 aromatic heterocycles. The van der Waals surface area contributed by atoms with Crippen molar-refractivity contribution >= 4 is 17.7 Å². The van der Waals surface area contributed by atoms with E-state index in [2.05, 4.69) is 25.3 Å². The predicted octanol–water partition coefficient (Wildman–Crippen LogP) is 2.41. The van der Waals surface area contributed by atoms with Crippen LogP contribution >= 0.6 is 0 Å². The number of amides is 1. The molecule has 3 rings (SSSR count). The molecule has 7 nitrogen and oxygen atoms in total. The van der Waals surface area contributed by atoms with Gasteiger partial charge < -0.3 is 14.7 Å². The summed E-state index contributed by atoms with van der Waals surface area (Å²) in [5.41, 5.74) is 1.12. The molecule has 0 unspecified atom stereocenters. The number of nitrogens with one attached hydrogen (secondary N) is 1. The van der Waals surface area contributed by atoms with Crippen molar-refractivity contribution < 1.29 is 9.32 Å². The van der Waals surface area contributed by atoms with Crippen molar-refractivity contribution in [1.29, 1.82) is 0 Å². The average molecular weight is 301 g/mol. The van der Waals surface area contributed by atoms with Crippen LogP contribution in [0.2, 0.25) is 0 Å². The van der Waals surface area contributed by atoms with Gasteiger partial charge in [-0.3, -0.25) is 4.79 Å². The third-order valence-electron chi connectivity index (χ3n) is 3.64. The SMILES string of the molecule is Cc1cc(C(=O)Nc2ccon2)nc(N2CCCCCC2)n1. The van der Waals surface area contributed by atoms with Crippen LogP contribution in [0.5, 0.6) is 0 Å². The maximum atomic E-state index is 12.3. The minimum atomic E-state index is -0.310. The van der Waals surface area contributed by atoms with E-state index >= 15 is 0 Å². The standard InChI is InChI=1S/C15H19N5O2/c1-11-10-12(14(21)18-13-6-9-22-19-13)17-15(16-11)20-7-4-2-3-5-8-20/h6,9-10H,2-5,7-8H2,1H3,(H,18,19,21). The van der Waals surface area contributed by atoms with Gasteiger partial charge in [-0.2, -0.15) is 0 Å². The lowest BCUT2D eigenvalue weighted by Gasteiger charge is -2.20. The summed E-state index contributed by atoms with van der Waals surface area (Å²) >= 11 is 0. The molecule has 1 fully saturated rings. The van der Waals surface area contributed by atoms with E-state index in [9.17, 15) is 4.79 Å². The molecule has 0 spiro atoms. The molecule has 116 valence electrons. The van der Waals surface area contributed by atoms with Crippen molar-refractivity contribution in [2.75, 3.05) is 23.3 Å². The molecule has 0 radical (unpaired) electrons. The lowest BCUT2D eigenvalue weighted by Crippen LogP contribution is -2.27. The average Bonchev–Trinajstić information content (AvgIpc) is 2.86. The third kappa shape index (κ3) is 3.41. The number of nitrogens with zero attached hydrogens (tertiary/aromatic N) is 4. The van der Waals surface area contributed by atoms with E-state index in [0.29, 0.717) is 17.5 Å². The zero-order chi connectivity index (χ0) is 15.4. The van der Waals surface area contributed by atoms with Gasteiger partial charge in [0.05, 0.1) is 0 Å². The zero-order valence-electron chi connectivity index (χ0n) is 12.6. The third-order valence-corrected chi connectivity index (χ3v) is 3.64. The van der Waals surface area contributed by atoms with Crippen LogP contribution < -0.4 is 10.2 Å². The van der Waals surface area contributed by atoms with Gasteiger partial charge in [-0.25, -0.2) is 9.97 Å². The van der Waals surface area contributed by atoms with E-state index in [1.807, 2.05) is 6.92 Å². The first kappa shape index (κ1) is 14.5. The van der Waals surface area contributed by atoms with E-state index in [4.69, 9.17) is 4.52 Å². The number of anilines is 2. The van der Waals surface area contributed by atoms with E-state index in [0.717, 1.165) is 31.6 Å². The van der Waals surface area contributed by atoms with Crippen molar-refractivity contribution in [3.05, 3.63) is 29.8 Å². The number of rotatable bonds is 3. The van der Waals surface area contributed by atoms with Gasteiger partial charge in [0, 0.05) is 24.8 Å². The van der Waals surface area contributed by atoms with E-state index in [1.165, 1.54) is 19.1 Å². The number of carbonyl (C=O) groups is 1. The summed E-state index contributed by atoms with van der Waals surface area (Å²) in [7, 11) is 0. The molecule has 0 aliphatic carbocycles. The molecule has 2 aromatic rings. The number of hydrogen-bond donors (Lipinski definition) is 1. The number of aryl methyl sites for hydroxylation is 1. The van der Waals surface area contributed by atoms with Crippen molar-refractivity contribution in [3.63, 3.8) is 0 Å². The molecule has 1 amide bonds. The normalized spacial score (nSPS) is 15.4. The summed E-state index contributed by atoms with van der Waals surface area (Å²) in [6.45, 7) is 3.75. The molecule has 3 heterocycles. The van der Waals surface area contributed by atoms with E-state index in [-0.39, 0.29) is 5.91 Å². The Labute approximate surface area is 128 Å². The maximum absolute atomic E-state index is 12.3. The second-order valence-corrected chi connectivity index (χ2v) is 5.43. The summed E-state index contributed by atoms with van der Waals surface area (Å²) < 4.78 is 4.70. The highest BCUT2D eigenvalue weighted by atomic mass is 16.5. The minimum absolute atomic E-state index is 0.310. The van der Waals surface area contributed by atoms with Crippen LogP contribution in [-0.2, 0) is 0 Å². The smallest absolute Gasteiger partial charge is 0.275 e. The van der Waals surface area contributed by atoms with Crippen LogP contribution in [0.3, 0.4) is 0 Å². The quantitative estimate of drug-likeness (QED) is 0.937. The van der Waals surface area contributed by atoms with Crippen LogP contribution in [0.25, 0.3) is 0 Å². The van der Waals surface area contributed by atoms with Gasteiger partial charge in [0.15, 0.2) is 5.82 Å². The Morgan fingerprint density at radius 1 is 1.23 bits per heavy atom. The fourth-order valence-electron chi connectivity index (χ4n) is 2.54. The van der Waals surface area contributed by atoms with E-state index < -0.39 is 0 Å². The van der Waals surface area contributed by atoms with Gasteiger partial charge in [-0.15, -0.1) is 0 Å². The molecule has 1 aliphatic rings. The summed E-state index contributed by atoms with van der Waals surface area (Å²) in [5, 5.41) is 6.32. The first-order valence-electron chi connectivity index (χ1n) is 7.55. The fraction of sp³-hybridized carbons (Fsp3) is 0.467. The molecule has 22 heavy (non-hydrogen) atoms. The number of carbonyl (C=O) groups excluding carboxylic acids is 1. The molecule has 7 heteroatoms. The van der Waals surface area contributed by atoms with Gasteiger partial charge in [0.1, 0.15) is 12.0 Å². The maximum Gasteiger partial charge on any atom is 0.275 e. The van der Waals surface area contributed by atoms with Crippen molar-refractivity contribution in [2.45, 2.75) is 32.6 Å². The van der Waals surface area contributed by atoms with Gasteiger partial charge in [-0.1, -0.05) is 18.0 Å². The Morgan fingerprint density at radius 2 is 2.00 bits per heavy atom. The highest BCUT2D eigenvalue weighted by molar-refractivity contribution is 6.02. The van der Waals surface area contributed by atoms with Crippen LogP contribution in [0.4, 0.5) is 11.8 Å². The van der Waals surface area contributed by atoms with Crippen LogP contribution in [0, 0.1) is 6.92 Å². The first-order valence-corrected chi connectivity index (χ1v) is 7.55. The minimum Gasteiger partial charge on any atom is -0.363 e. The van der Waals surface area contributed by atoms with Gasteiger partial charge >= 0.3 is 0 Å². The van der Waals surface area contributed by atoms with Gasteiger partial charge in [-0.05, 0) is 25.8 Å². The summed E-state index contributed by atoms with van der Waals surface area (Å²) in [6.07, 6.45) is 6.16. The fourth-order valence-corrected chi connectivity index (χ4v) is 2.54. The number of hydrogen-bond acceptors (Lipinski definition) is 6.